The van der Waals surface area contributed by atoms with Crippen molar-refractivity contribution in [3.63, 3.8) is 0 Å². The number of pyridine rings is 1. The monoisotopic (exact) mass is 311 g/mol. The number of anilines is 1. The first kappa shape index (κ1) is 16.2. The van der Waals surface area contributed by atoms with Crippen LogP contribution in [0.3, 0.4) is 0 Å². The van der Waals surface area contributed by atoms with Crippen molar-refractivity contribution in [2.24, 2.45) is 0 Å². The predicted octanol–water partition coefficient (Wildman–Crippen LogP) is 2.86. The minimum Gasteiger partial charge on any atom is -0.383 e. The van der Waals surface area contributed by atoms with Crippen molar-refractivity contribution in [1.82, 2.24) is 9.29 Å². The molecule has 5 nitrogen and oxygen atoms in total. The lowest BCUT2D eigenvalue weighted by molar-refractivity contribution is 0.285. The first-order valence-corrected chi connectivity index (χ1v) is 9.18. The Morgan fingerprint density at radius 2 is 2.05 bits per heavy atom. The van der Waals surface area contributed by atoms with E-state index in [1.54, 1.807) is 25.4 Å². The fourth-order valence-corrected chi connectivity index (χ4v) is 4.26. The van der Waals surface area contributed by atoms with Gasteiger partial charge in [-0.25, -0.2) is 13.4 Å². The van der Waals surface area contributed by atoms with Crippen molar-refractivity contribution in [1.29, 1.82) is 0 Å². The summed E-state index contributed by atoms with van der Waals surface area (Å²) in [4.78, 5) is 4.13. The van der Waals surface area contributed by atoms with Crippen LogP contribution in [-0.2, 0) is 10.0 Å². The van der Waals surface area contributed by atoms with Crippen LogP contribution in [-0.4, -0.2) is 37.3 Å². The van der Waals surface area contributed by atoms with Gasteiger partial charge in [-0.2, -0.15) is 4.31 Å². The van der Waals surface area contributed by atoms with Gasteiger partial charge in [0.05, 0.1) is 5.69 Å². The van der Waals surface area contributed by atoms with Gasteiger partial charge in [-0.1, -0.05) is 26.2 Å². The smallest absolute Gasteiger partial charge is 0.262 e. The molecule has 0 bridgehead atoms. The van der Waals surface area contributed by atoms with Crippen LogP contribution in [0.4, 0.5) is 5.69 Å². The molecule has 2 rings (SSSR count). The van der Waals surface area contributed by atoms with Gasteiger partial charge in [0.15, 0.2) is 5.03 Å². The molecular formula is C15H25N3O2S. The van der Waals surface area contributed by atoms with E-state index in [1.165, 1.54) is 10.7 Å². The summed E-state index contributed by atoms with van der Waals surface area (Å²) in [5.74, 6) is 0. The van der Waals surface area contributed by atoms with Crippen molar-refractivity contribution in [3.8, 4) is 0 Å². The number of rotatable bonds is 6. The molecule has 1 saturated carbocycles. The van der Waals surface area contributed by atoms with Gasteiger partial charge in [-0.15, -0.1) is 0 Å². The largest absolute Gasteiger partial charge is 0.383 e. The Labute approximate surface area is 127 Å². The summed E-state index contributed by atoms with van der Waals surface area (Å²) >= 11 is 0. The third kappa shape index (κ3) is 3.74. The summed E-state index contributed by atoms with van der Waals surface area (Å²) in [6, 6.07) is 3.65. The van der Waals surface area contributed by atoms with Gasteiger partial charge in [0.2, 0.25) is 0 Å². The van der Waals surface area contributed by atoms with E-state index >= 15 is 0 Å². The molecule has 1 N–H and O–H groups in total. The van der Waals surface area contributed by atoms with Crippen molar-refractivity contribution >= 4 is 15.7 Å². The average molecular weight is 311 g/mol. The maximum atomic E-state index is 12.8. The SMILES string of the molecule is CCCNc1cccnc1S(=O)(=O)N(C)C1CCCCC1. The van der Waals surface area contributed by atoms with Gasteiger partial charge in [0.25, 0.3) is 10.0 Å². The molecule has 0 radical (unpaired) electrons. The Hall–Kier alpha value is -1.14. The number of nitrogens with one attached hydrogen (secondary N) is 1. The molecule has 0 aromatic carbocycles. The van der Waals surface area contributed by atoms with E-state index in [0.717, 1.165) is 38.6 Å². The highest BCUT2D eigenvalue weighted by Gasteiger charge is 2.31. The van der Waals surface area contributed by atoms with Crippen molar-refractivity contribution < 1.29 is 8.42 Å². The van der Waals surface area contributed by atoms with Crippen LogP contribution in [0.15, 0.2) is 23.4 Å². The summed E-state index contributed by atoms with van der Waals surface area (Å²) < 4.78 is 27.2. The van der Waals surface area contributed by atoms with Crippen LogP contribution in [0.25, 0.3) is 0 Å². The summed E-state index contributed by atoms with van der Waals surface area (Å²) in [5.41, 5.74) is 0.599. The molecule has 1 fully saturated rings. The standard InChI is InChI=1S/C15H25N3O2S/c1-3-11-16-14-10-7-12-17-15(14)21(19,20)18(2)13-8-5-4-6-9-13/h7,10,12-13,16H,3-6,8-9,11H2,1-2H3. The molecule has 0 aliphatic heterocycles. The van der Waals surface area contributed by atoms with E-state index < -0.39 is 10.0 Å². The van der Waals surface area contributed by atoms with Crippen LogP contribution in [0.1, 0.15) is 45.4 Å². The highest BCUT2D eigenvalue weighted by atomic mass is 32.2. The molecule has 1 aromatic heterocycles. The highest BCUT2D eigenvalue weighted by Crippen LogP contribution is 2.28. The van der Waals surface area contributed by atoms with Gasteiger partial charge in [-0.3, -0.25) is 0 Å². The minimum atomic E-state index is -3.54. The van der Waals surface area contributed by atoms with Crippen molar-refractivity contribution in [3.05, 3.63) is 18.3 Å². The molecule has 1 aliphatic carbocycles. The fourth-order valence-electron chi connectivity index (χ4n) is 2.77. The third-order valence-corrected chi connectivity index (χ3v) is 5.92. The Morgan fingerprint density at radius 3 is 2.71 bits per heavy atom. The topological polar surface area (TPSA) is 62.3 Å². The Kier molecular flexibility index (Phi) is 5.58. The summed E-state index contributed by atoms with van der Waals surface area (Å²) in [5, 5.41) is 3.30. The number of hydrogen-bond donors (Lipinski definition) is 1. The zero-order chi connectivity index (χ0) is 15.3. The Balaban J connectivity index is 2.25. The van der Waals surface area contributed by atoms with Gasteiger partial charge in [0.1, 0.15) is 0 Å². The molecule has 0 saturated heterocycles. The quantitative estimate of drug-likeness (QED) is 0.877. The predicted molar refractivity (Wildman–Crippen MR) is 84.8 cm³/mol. The molecule has 0 atom stereocenters. The van der Waals surface area contributed by atoms with Gasteiger partial charge >= 0.3 is 0 Å². The molecule has 0 unspecified atom stereocenters. The molecule has 1 aromatic rings. The number of sulfonamides is 1. The zero-order valence-electron chi connectivity index (χ0n) is 12.9. The maximum absolute atomic E-state index is 12.8. The third-order valence-electron chi connectivity index (χ3n) is 4.05. The lowest BCUT2D eigenvalue weighted by Gasteiger charge is -2.30. The van der Waals surface area contributed by atoms with Gasteiger partial charge in [-0.05, 0) is 31.4 Å². The van der Waals surface area contributed by atoms with Crippen LogP contribution in [0.5, 0.6) is 0 Å². The Morgan fingerprint density at radius 1 is 1.33 bits per heavy atom. The summed E-state index contributed by atoms with van der Waals surface area (Å²) in [6.45, 7) is 2.78. The second-order valence-corrected chi connectivity index (χ2v) is 7.51. The van der Waals surface area contributed by atoms with Crippen LogP contribution in [0.2, 0.25) is 0 Å². The van der Waals surface area contributed by atoms with Crippen molar-refractivity contribution in [2.45, 2.75) is 56.5 Å². The van der Waals surface area contributed by atoms with E-state index in [-0.39, 0.29) is 11.1 Å². The molecular weight excluding hydrogens is 286 g/mol. The highest BCUT2D eigenvalue weighted by molar-refractivity contribution is 7.89. The molecule has 0 spiro atoms. The first-order valence-electron chi connectivity index (χ1n) is 7.74. The summed E-state index contributed by atoms with van der Waals surface area (Å²) in [7, 11) is -1.86. The van der Waals surface area contributed by atoms with Gasteiger partial charge < -0.3 is 5.32 Å². The zero-order valence-corrected chi connectivity index (χ0v) is 13.7. The number of nitrogens with zero attached hydrogens (tertiary/aromatic N) is 2. The van der Waals surface area contributed by atoms with Crippen molar-refractivity contribution in [2.75, 3.05) is 18.9 Å². The fraction of sp³-hybridized carbons (Fsp3) is 0.667. The average Bonchev–Trinajstić information content (AvgIpc) is 2.53. The van der Waals surface area contributed by atoms with E-state index in [9.17, 15) is 8.42 Å². The van der Waals surface area contributed by atoms with E-state index in [0.29, 0.717) is 5.69 Å². The molecule has 6 heteroatoms. The minimum absolute atomic E-state index is 0.102. The second-order valence-electron chi connectivity index (χ2n) is 5.60. The summed E-state index contributed by atoms with van der Waals surface area (Å²) in [6.07, 6.45) is 7.78. The Bertz CT molecular complexity index is 554. The van der Waals surface area contributed by atoms with Crippen LogP contribution < -0.4 is 5.32 Å². The molecule has 1 aliphatic rings. The lowest BCUT2D eigenvalue weighted by Crippen LogP contribution is -2.38. The first-order chi connectivity index (χ1) is 10.1. The second kappa shape index (κ2) is 7.22. The maximum Gasteiger partial charge on any atom is 0.262 e. The van der Waals surface area contributed by atoms with E-state index in [2.05, 4.69) is 10.3 Å². The molecule has 21 heavy (non-hydrogen) atoms. The normalized spacial score (nSPS) is 17.1. The number of aromatic nitrogens is 1. The molecule has 0 amide bonds. The number of hydrogen-bond acceptors (Lipinski definition) is 4. The van der Waals surface area contributed by atoms with Gasteiger partial charge in [0, 0.05) is 25.8 Å². The van der Waals surface area contributed by atoms with Crippen LogP contribution in [0, 0.1) is 0 Å². The van der Waals surface area contributed by atoms with Crippen LogP contribution >= 0.6 is 0 Å². The lowest BCUT2D eigenvalue weighted by atomic mass is 9.96. The van der Waals surface area contributed by atoms with E-state index in [4.69, 9.17) is 0 Å². The van der Waals surface area contributed by atoms with E-state index in [1.807, 2.05) is 6.92 Å². The molecule has 118 valence electrons. The molecule has 1 heterocycles.